The first kappa shape index (κ1) is 27.2. The Morgan fingerprint density at radius 1 is 1.18 bits per heavy atom. The van der Waals surface area contributed by atoms with Gasteiger partial charge in [0.05, 0.1) is 12.0 Å². The molecule has 1 N–H and O–H groups in total. The number of ether oxygens (including phenoxy) is 2. The number of rotatable bonds is 11. The highest BCUT2D eigenvalue weighted by Gasteiger charge is 2.28. The fourth-order valence-corrected chi connectivity index (χ4v) is 3.48. The molecule has 0 saturated heterocycles. The van der Waals surface area contributed by atoms with Gasteiger partial charge in [0, 0.05) is 34.8 Å². The topological polar surface area (TPSA) is 111 Å². The molecule has 2 aromatic rings. The van der Waals surface area contributed by atoms with Crippen LogP contribution in [0, 0.1) is 10.1 Å². The molecule has 2 rings (SSSR count). The molecular formula is C23H27Cl2N3O6. The minimum absolute atomic E-state index is 0.000972. The van der Waals surface area contributed by atoms with E-state index in [4.69, 9.17) is 32.7 Å². The summed E-state index contributed by atoms with van der Waals surface area (Å²) in [5, 5.41) is 14.8. The fourth-order valence-electron chi connectivity index (χ4n) is 3.01. The van der Waals surface area contributed by atoms with Crippen molar-refractivity contribution in [3.8, 4) is 11.5 Å². The molecule has 11 heteroatoms. The third kappa shape index (κ3) is 7.23. The summed E-state index contributed by atoms with van der Waals surface area (Å²) in [7, 11) is 1.30. The maximum absolute atomic E-state index is 13.1. The van der Waals surface area contributed by atoms with E-state index in [1.165, 1.54) is 30.2 Å². The van der Waals surface area contributed by atoms with E-state index in [0.717, 1.165) is 6.42 Å². The van der Waals surface area contributed by atoms with Gasteiger partial charge >= 0.3 is 5.69 Å². The van der Waals surface area contributed by atoms with Crippen LogP contribution in [0.4, 0.5) is 5.69 Å². The number of hydrogen-bond acceptors (Lipinski definition) is 6. The minimum atomic E-state index is -0.816. The first-order valence-corrected chi connectivity index (χ1v) is 11.3. The van der Waals surface area contributed by atoms with Gasteiger partial charge in [-0.1, -0.05) is 36.2 Å². The first-order chi connectivity index (χ1) is 16.1. The number of hydrogen-bond donors (Lipinski definition) is 1. The van der Waals surface area contributed by atoms with Gasteiger partial charge in [0.1, 0.15) is 11.8 Å². The molecule has 0 fully saturated rings. The first-order valence-electron chi connectivity index (χ1n) is 10.6. The van der Waals surface area contributed by atoms with E-state index in [-0.39, 0.29) is 35.7 Å². The van der Waals surface area contributed by atoms with Gasteiger partial charge in [0.15, 0.2) is 6.61 Å². The fraction of sp³-hybridized carbons (Fsp3) is 0.391. The lowest BCUT2D eigenvalue weighted by molar-refractivity contribution is -0.385. The third-order valence-corrected chi connectivity index (χ3v) is 5.82. The second-order valence-electron chi connectivity index (χ2n) is 7.63. The molecule has 2 unspecified atom stereocenters. The molecule has 0 aliphatic carbocycles. The third-order valence-electron chi connectivity index (χ3n) is 5.23. The number of amides is 2. The van der Waals surface area contributed by atoms with Crippen LogP contribution in [0.3, 0.4) is 0 Å². The maximum atomic E-state index is 13.1. The van der Waals surface area contributed by atoms with Crippen molar-refractivity contribution in [3.05, 3.63) is 62.1 Å². The number of halogens is 2. The van der Waals surface area contributed by atoms with Gasteiger partial charge < -0.3 is 19.7 Å². The summed E-state index contributed by atoms with van der Waals surface area (Å²) in [5.74, 6) is -0.585. The average molecular weight is 512 g/mol. The zero-order chi connectivity index (χ0) is 25.4. The summed E-state index contributed by atoms with van der Waals surface area (Å²) in [6.45, 7) is 5.08. The molecule has 0 radical (unpaired) electrons. The van der Waals surface area contributed by atoms with Crippen molar-refractivity contribution in [1.29, 1.82) is 0 Å². The predicted octanol–water partition coefficient (Wildman–Crippen LogP) is 4.62. The van der Waals surface area contributed by atoms with E-state index in [1.807, 2.05) is 13.8 Å². The Labute approximate surface area is 208 Å². The standard InChI is InChI=1S/C23H27Cl2N3O6/c1-5-14(2)26-23(30)15(3)27(12-16-6-7-17(24)10-19(16)25)22(29)13-34-18-8-9-20(28(31)32)21(11-18)33-4/h6-11,14-15H,5,12-13H2,1-4H3,(H,26,30). The van der Waals surface area contributed by atoms with Crippen molar-refractivity contribution in [2.75, 3.05) is 13.7 Å². The van der Waals surface area contributed by atoms with E-state index >= 15 is 0 Å². The van der Waals surface area contributed by atoms with E-state index in [2.05, 4.69) is 5.32 Å². The number of benzene rings is 2. The number of nitro groups is 1. The maximum Gasteiger partial charge on any atom is 0.311 e. The van der Waals surface area contributed by atoms with Crippen LogP contribution in [-0.2, 0) is 16.1 Å². The van der Waals surface area contributed by atoms with Crippen LogP contribution in [0.1, 0.15) is 32.8 Å². The Kier molecular flexibility index (Phi) is 9.95. The van der Waals surface area contributed by atoms with Crippen LogP contribution in [0.15, 0.2) is 36.4 Å². The smallest absolute Gasteiger partial charge is 0.311 e. The van der Waals surface area contributed by atoms with Gasteiger partial charge in [0.2, 0.25) is 11.7 Å². The van der Waals surface area contributed by atoms with Crippen molar-refractivity contribution in [1.82, 2.24) is 10.2 Å². The highest BCUT2D eigenvalue weighted by molar-refractivity contribution is 6.35. The molecule has 0 aromatic heterocycles. The van der Waals surface area contributed by atoms with Crippen LogP contribution < -0.4 is 14.8 Å². The number of carbonyl (C=O) groups excluding carboxylic acids is 2. The van der Waals surface area contributed by atoms with Gasteiger partial charge in [0.25, 0.3) is 5.91 Å². The summed E-state index contributed by atoms with van der Waals surface area (Å²) in [6.07, 6.45) is 0.737. The van der Waals surface area contributed by atoms with Crippen molar-refractivity contribution >= 4 is 40.7 Å². The number of methoxy groups -OCH3 is 1. The SMILES string of the molecule is CCC(C)NC(=O)C(C)N(Cc1ccc(Cl)cc1Cl)C(=O)COc1ccc([N+](=O)[O-])c(OC)c1. The number of carbonyl (C=O) groups is 2. The summed E-state index contributed by atoms with van der Waals surface area (Å²) in [4.78, 5) is 37.8. The van der Waals surface area contributed by atoms with E-state index < -0.39 is 23.5 Å². The van der Waals surface area contributed by atoms with Crippen molar-refractivity contribution < 1.29 is 24.0 Å². The molecule has 184 valence electrons. The largest absolute Gasteiger partial charge is 0.490 e. The van der Waals surface area contributed by atoms with Crippen LogP contribution in [0.5, 0.6) is 11.5 Å². The summed E-state index contributed by atoms with van der Waals surface area (Å²) in [6, 6.07) is 7.94. The summed E-state index contributed by atoms with van der Waals surface area (Å²) < 4.78 is 10.6. The molecular weight excluding hydrogens is 485 g/mol. The van der Waals surface area contributed by atoms with Gasteiger partial charge in [-0.3, -0.25) is 19.7 Å². The molecule has 0 saturated carbocycles. The molecule has 9 nitrogen and oxygen atoms in total. The normalized spacial score (nSPS) is 12.4. The lowest BCUT2D eigenvalue weighted by Crippen LogP contribution is -2.50. The van der Waals surface area contributed by atoms with E-state index in [1.54, 1.807) is 25.1 Å². The Morgan fingerprint density at radius 2 is 1.88 bits per heavy atom. The van der Waals surface area contributed by atoms with Crippen LogP contribution in [0.2, 0.25) is 10.0 Å². The molecule has 2 atom stereocenters. The molecule has 0 bridgehead atoms. The van der Waals surface area contributed by atoms with Crippen LogP contribution in [-0.4, -0.2) is 47.4 Å². The second-order valence-corrected chi connectivity index (χ2v) is 8.47. The number of nitrogens with zero attached hydrogens (tertiary/aromatic N) is 2. The van der Waals surface area contributed by atoms with Crippen molar-refractivity contribution in [3.63, 3.8) is 0 Å². The van der Waals surface area contributed by atoms with Gasteiger partial charge in [-0.15, -0.1) is 0 Å². The molecule has 2 aromatic carbocycles. The molecule has 34 heavy (non-hydrogen) atoms. The number of nitro benzene ring substituents is 1. The Balaban J connectivity index is 2.24. The molecule has 0 spiro atoms. The quantitative estimate of drug-likeness (QED) is 0.348. The average Bonchev–Trinajstić information content (AvgIpc) is 2.81. The van der Waals surface area contributed by atoms with E-state index in [0.29, 0.717) is 15.6 Å². The van der Waals surface area contributed by atoms with Crippen LogP contribution >= 0.6 is 23.2 Å². The van der Waals surface area contributed by atoms with Gasteiger partial charge in [-0.05, 0) is 44.0 Å². The van der Waals surface area contributed by atoms with E-state index in [9.17, 15) is 19.7 Å². The Hall–Kier alpha value is -3.04. The zero-order valence-corrected chi connectivity index (χ0v) is 20.9. The van der Waals surface area contributed by atoms with Crippen molar-refractivity contribution in [2.24, 2.45) is 0 Å². The van der Waals surface area contributed by atoms with Gasteiger partial charge in [-0.25, -0.2) is 0 Å². The highest BCUT2D eigenvalue weighted by atomic mass is 35.5. The number of nitrogens with one attached hydrogen (secondary N) is 1. The summed E-state index contributed by atoms with van der Waals surface area (Å²) in [5.41, 5.74) is 0.384. The molecule has 0 aliphatic rings. The summed E-state index contributed by atoms with van der Waals surface area (Å²) >= 11 is 12.3. The lowest BCUT2D eigenvalue weighted by Gasteiger charge is -2.30. The predicted molar refractivity (Wildman–Crippen MR) is 130 cm³/mol. The van der Waals surface area contributed by atoms with Crippen molar-refractivity contribution in [2.45, 2.75) is 45.8 Å². The lowest BCUT2D eigenvalue weighted by atomic mass is 10.1. The highest BCUT2D eigenvalue weighted by Crippen LogP contribution is 2.31. The molecule has 0 aliphatic heterocycles. The molecule has 0 heterocycles. The van der Waals surface area contributed by atoms with Crippen LogP contribution in [0.25, 0.3) is 0 Å². The van der Waals surface area contributed by atoms with Gasteiger partial charge in [-0.2, -0.15) is 0 Å². The Bertz CT molecular complexity index is 1050. The monoisotopic (exact) mass is 511 g/mol. The molecule has 2 amide bonds. The second kappa shape index (κ2) is 12.4. The Morgan fingerprint density at radius 3 is 2.47 bits per heavy atom. The zero-order valence-electron chi connectivity index (χ0n) is 19.3. The minimum Gasteiger partial charge on any atom is -0.490 e.